The number of phenolic OH excluding ortho intramolecular Hbond substituents is 1. The number of rotatable bonds is 5. The van der Waals surface area contributed by atoms with Gasteiger partial charge in [-0.05, 0) is 35.4 Å². The number of carbonyl (C=O) groups is 1. The summed E-state index contributed by atoms with van der Waals surface area (Å²) >= 11 is 0. The summed E-state index contributed by atoms with van der Waals surface area (Å²) in [6, 6.07) is 23.8. The smallest absolute Gasteiger partial charge is 0.298 e. The lowest BCUT2D eigenvalue weighted by Crippen LogP contribution is -2.27. The number of hydrogen-bond donors (Lipinski definition) is 1. The van der Waals surface area contributed by atoms with Crippen LogP contribution < -0.4 is 4.74 Å². The Kier molecular flexibility index (Phi) is 5.39. The molecule has 148 valence electrons. The molecule has 0 radical (unpaired) electrons. The second-order valence-electron chi connectivity index (χ2n) is 6.53. The maximum atomic E-state index is 13.1. The van der Waals surface area contributed by atoms with E-state index in [0.29, 0.717) is 22.8 Å². The molecule has 0 saturated carbocycles. The van der Waals surface area contributed by atoms with Gasteiger partial charge < -0.3 is 9.84 Å². The minimum atomic E-state index is -0.320. The molecule has 1 amide bonds. The van der Waals surface area contributed by atoms with Gasteiger partial charge in [-0.2, -0.15) is 10.1 Å². The molecular weight excluding hydrogens is 378 g/mol. The third-order valence-corrected chi connectivity index (χ3v) is 4.50. The molecule has 3 aromatic carbocycles. The lowest BCUT2D eigenvalue weighted by Gasteiger charge is -2.12. The summed E-state index contributed by atoms with van der Waals surface area (Å²) in [5.74, 6) is 0.490. The van der Waals surface area contributed by atoms with Gasteiger partial charge in [-0.25, -0.2) is 4.99 Å². The summed E-state index contributed by atoms with van der Waals surface area (Å²) in [4.78, 5) is 17.6. The molecule has 6 nitrogen and oxygen atoms in total. The van der Waals surface area contributed by atoms with Crippen LogP contribution in [0.4, 0.5) is 0 Å². The Hall–Kier alpha value is -4.19. The lowest BCUT2D eigenvalue weighted by atomic mass is 10.2. The summed E-state index contributed by atoms with van der Waals surface area (Å²) < 4.78 is 5.13. The van der Waals surface area contributed by atoms with Gasteiger partial charge >= 0.3 is 0 Å². The molecule has 6 heteroatoms. The fourth-order valence-electron chi connectivity index (χ4n) is 3.00. The Morgan fingerprint density at radius 1 is 0.967 bits per heavy atom. The maximum absolute atomic E-state index is 13.1. The standard InChI is InChI=1S/C24H19N3O3/c1-30-22-15-18(12-13-21(22)28)16-25-27-23(19-10-6-3-7-11-19)26-20(24(27)29)14-17-8-4-2-5-9-17/h2-16,28H,1H3. The van der Waals surface area contributed by atoms with Crippen LogP contribution in [0, 0.1) is 0 Å². The highest BCUT2D eigenvalue weighted by molar-refractivity contribution is 6.19. The zero-order valence-electron chi connectivity index (χ0n) is 16.3. The number of amidine groups is 1. The average molecular weight is 397 g/mol. The molecule has 0 fully saturated rings. The van der Waals surface area contributed by atoms with Crippen LogP contribution in [0.15, 0.2) is 94.7 Å². The van der Waals surface area contributed by atoms with Gasteiger partial charge in [0.25, 0.3) is 5.91 Å². The van der Waals surface area contributed by atoms with Gasteiger partial charge in [0.1, 0.15) is 5.70 Å². The van der Waals surface area contributed by atoms with Crippen LogP contribution in [0.25, 0.3) is 6.08 Å². The number of aromatic hydroxyl groups is 1. The number of benzene rings is 3. The molecular formula is C24H19N3O3. The molecule has 0 saturated heterocycles. The van der Waals surface area contributed by atoms with Crippen molar-refractivity contribution in [3.8, 4) is 11.5 Å². The lowest BCUT2D eigenvalue weighted by molar-refractivity contribution is -0.122. The van der Waals surface area contributed by atoms with Crippen LogP contribution in [0.1, 0.15) is 16.7 Å². The minimum Gasteiger partial charge on any atom is -0.504 e. The molecule has 1 heterocycles. The van der Waals surface area contributed by atoms with E-state index in [1.54, 1.807) is 18.2 Å². The number of phenols is 1. The number of nitrogens with zero attached hydrogens (tertiary/aromatic N) is 3. The van der Waals surface area contributed by atoms with E-state index in [1.165, 1.54) is 24.4 Å². The van der Waals surface area contributed by atoms with Gasteiger partial charge in [0.05, 0.1) is 13.3 Å². The summed E-state index contributed by atoms with van der Waals surface area (Å²) in [5.41, 5.74) is 2.64. The van der Waals surface area contributed by atoms with E-state index in [-0.39, 0.29) is 11.7 Å². The van der Waals surface area contributed by atoms with E-state index in [2.05, 4.69) is 10.1 Å². The van der Waals surface area contributed by atoms with E-state index >= 15 is 0 Å². The number of methoxy groups -OCH3 is 1. The van der Waals surface area contributed by atoms with Crippen LogP contribution >= 0.6 is 0 Å². The number of hydrazone groups is 1. The fourth-order valence-corrected chi connectivity index (χ4v) is 3.00. The van der Waals surface area contributed by atoms with Crippen LogP contribution in [0.3, 0.4) is 0 Å². The van der Waals surface area contributed by atoms with Crippen LogP contribution in [0.2, 0.25) is 0 Å². The fraction of sp³-hybridized carbons (Fsp3) is 0.0417. The second kappa shape index (κ2) is 8.45. The third-order valence-electron chi connectivity index (χ3n) is 4.50. The van der Waals surface area contributed by atoms with Crippen molar-refractivity contribution >= 4 is 24.0 Å². The summed E-state index contributed by atoms with van der Waals surface area (Å²) in [5, 5.41) is 15.4. The van der Waals surface area contributed by atoms with E-state index in [4.69, 9.17) is 4.74 Å². The summed E-state index contributed by atoms with van der Waals surface area (Å²) in [6.07, 6.45) is 3.27. The predicted molar refractivity (Wildman–Crippen MR) is 116 cm³/mol. The molecule has 0 atom stereocenters. The highest BCUT2D eigenvalue weighted by atomic mass is 16.5. The van der Waals surface area contributed by atoms with Crippen LogP contribution in [0.5, 0.6) is 11.5 Å². The Morgan fingerprint density at radius 3 is 2.37 bits per heavy atom. The zero-order chi connectivity index (χ0) is 20.9. The molecule has 1 N–H and O–H groups in total. The number of amides is 1. The van der Waals surface area contributed by atoms with Crippen molar-refractivity contribution in [2.45, 2.75) is 0 Å². The topological polar surface area (TPSA) is 74.5 Å². The van der Waals surface area contributed by atoms with Crippen LogP contribution in [-0.2, 0) is 4.79 Å². The number of aliphatic imine (C=N–C) groups is 1. The average Bonchev–Trinajstić information content (AvgIpc) is 3.09. The molecule has 0 aromatic heterocycles. The van der Waals surface area contributed by atoms with Crippen molar-refractivity contribution in [3.05, 3.63) is 101 Å². The maximum Gasteiger partial charge on any atom is 0.298 e. The highest BCUT2D eigenvalue weighted by Crippen LogP contribution is 2.26. The first-order chi connectivity index (χ1) is 14.7. The predicted octanol–water partition coefficient (Wildman–Crippen LogP) is 4.06. The molecule has 1 aliphatic rings. The first kappa shape index (κ1) is 19.1. The van der Waals surface area contributed by atoms with Gasteiger partial charge in [0.15, 0.2) is 17.3 Å². The van der Waals surface area contributed by atoms with Gasteiger partial charge in [0, 0.05) is 5.56 Å². The Balaban J connectivity index is 1.71. The number of ether oxygens (including phenoxy) is 1. The highest BCUT2D eigenvalue weighted by Gasteiger charge is 2.31. The van der Waals surface area contributed by atoms with Gasteiger partial charge in [-0.1, -0.05) is 60.7 Å². The first-order valence-electron chi connectivity index (χ1n) is 9.32. The molecule has 0 bridgehead atoms. The zero-order valence-corrected chi connectivity index (χ0v) is 16.3. The van der Waals surface area contributed by atoms with Crippen molar-refractivity contribution in [2.24, 2.45) is 10.1 Å². The monoisotopic (exact) mass is 397 g/mol. The molecule has 3 aromatic rings. The van der Waals surface area contributed by atoms with E-state index in [9.17, 15) is 9.90 Å². The van der Waals surface area contributed by atoms with E-state index in [1.807, 2.05) is 60.7 Å². The van der Waals surface area contributed by atoms with Gasteiger partial charge in [-0.15, -0.1) is 0 Å². The molecule has 30 heavy (non-hydrogen) atoms. The minimum absolute atomic E-state index is 0.0338. The Labute approximate surface area is 174 Å². The molecule has 0 spiro atoms. The second-order valence-corrected chi connectivity index (χ2v) is 6.53. The van der Waals surface area contributed by atoms with Crippen molar-refractivity contribution in [3.63, 3.8) is 0 Å². The largest absolute Gasteiger partial charge is 0.504 e. The Morgan fingerprint density at radius 2 is 1.67 bits per heavy atom. The summed E-state index contributed by atoms with van der Waals surface area (Å²) in [7, 11) is 1.47. The molecule has 4 rings (SSSR count). The molecule has 0 unspecified atom stereocenters. The normalized spacial score (nSPS) is 15.1. The molecule has 0 aliphatic carbocycles. The van der Waals surface area contributed by atoms with Crippen LogP contribution in [-0.4, -0.2) is 35.2 Å². The van der Waals surface area contributed by atoms with Gasteiger partial charge in [0.2, 0.25) is 0 Å². The van der Waals surface area contributed by atoms with E-state index < -0.39 is 0 Å². The van der Waals surface area contributed by atoms with Gasteiger partial charge in [-0.3, -0.25) is 4.79 Å². The first-order valence-corrected chi connectivity index (χ1v) is 9.32. The quantitative estimate of drug-likeness (QED) is 0.521. The SMILES string of the molecule is COc1cc(C=NN2C(=O)C(=Cc3ccccc3)N=C2c2ccccc2)ccc1O. The molecule has 1 aliphatic heterocycles. The van der Waals surface area contributed by atoms with E-state index in [0.717, 1.165) is 11.1 Å². The van der Waals surface area contributed by atoms with Crippen molar-refractivity contribution < 1.29 is 14.6 Å². The number of hydrogen-bond acceptors (Lipinski definition) is 5. The summed E-state index contributed by atoms with van der Waals surface area (Å²) in [6.45, 7) is 0. The number of carbonyl (C=O) groups excluding carboxylic acids is 1. The van der Waals surface area contributed by atoms with Crippen molar-refractivity contribution in [1.29, 1.82) is 0 Å². The van der Waals surface area contributed by atoms with Crippen molar-refractivity contribution in [1.82, 2.24) is 5.01 Å². The third kappa shape index (κ3) is 3.98. The Bertz CT molecular complexity index is 1150. The van der Waals surface area contributed by atoms with Crippen molar-refractivity contribution in [2.75, 3.05) is 7.11 Å².